The Labute approximate surface area is 220 Å². The van der Waals surface area contributed by atoms with Crippen molar-refractivity contribution in [3.8, 4) is 6.07 Å². The van der Waals surface area contributed by atoms with Crippen molar-refractivity contribution in [3.63, 3.8) is 0 Å². The molecule has 4 N–H and O–H groups in total. The molecule has 0 bridgehead atoms. The van der Waals surface area contributed by atoms with Crippen molar-refractivity contribution in [2.24, 2.45) is 0 Å². The highest BCUT2D eigenvalue weighted by Crippen LogP contribution is 2.37. The summed E-state index contributed by atoms with van der Waals surface area (Å²) in [4.78, 5) is 33.9. The molecule has 0 spiro atoms. The van der Waals surface area contributed by atoms with E-state index in [1.165, 1.54) is 18.3 Å². The Balaban J connectivity index is 1.72. The Kier molecular flexibility index (Phi) is 8.45. The minimum absolute atomic E-state index is 0.00218. The van der Waals surface area contributed by atoms with E-state index in [4.69, 9.17) is 10.4 Å². The number of hydrogen-bond donors (Lipinski definition) is 4. The third-order valence-electron chi connectivity index (χ3n) is 6.38. The van der Waals surface area contributed by atoms with Crippen LogP contribution in [-0.4, -0.2) is 72.6 Å². The van der Waals surface area contributed by atoms with Crippen LogP contribution in [0.1, 0.15) is 25.7 Å². The number of pyridine rings is 1. The Morgan fingerprint density at radius 1 is 1.21 bits per heavy atom. The molecular weight excluding hydrogens is 510 g/mol. The second-order valence-electron chi connectivity index (χ2n) is 8.88. The maximum Gasteiger partial charge on any atom is 0.404 e. The first-order valence-electron chi connectivity index (χ1n) is 12.2. The largest absolute Gasteiger partial charge is 0.465 e. The first kappa shape index (κ1) is 26.9. The standard InChI is InChI=1S/C25H29N7O5S/c26-11-4-14-31-15-9-18(10-16-31)30-23-20-7-12-27-24(20)29-17-21(23)32(22(33)8-13-28-25(34)35)38(36,37)19-5-2-1-3-6-19/h1-3,5-7,12,17-18,28H,4,8-10,13-16H2,(H,34,35)(H2,27,29,30). The quantitative estimate of drug-likeness (QED) is 0.302. The van der Waals surface area contributed by atoms with Crippen LogP contribution in [0.2, 0.25) is 0 Å². The molecule has 1 aliphatic rings. The van der Waals surface area contributed by atoms with Crippen LogP contribution >= 0.6 is 0 Å². The molecule has 12 nitrogen and oxygen atoms in total. The fraction of sp³-hybridized carbons (Fsp3) is 0.360. The lowest BCUT2D eigenvalue weighted by atomic mass is 10.0. The number of likely N-dealkylation sites (tertiary alicyclic amines) is 1. The van der Waals surface area contributed by atoms with Gasteiger partial charge in [0.1, 0.15) is 11.3 Å². The van der Waals surface area contributed by atoms with Crippen molar-refractivity contribution in [1.29, 1.82) is 5.26 Å². The van der Waals surface area contributed by atoms with Crippen LogP contribution in [0.5, 0.6) is 0 Å². The molecule has 3 aromatic rings. The number of H-pyrrole nitrogens is 1. The van der Waals surface area contributed by atoms with Gasteiger partial charge in [0.25, 0.3) is 10.0 Å². The van der Waals surface area contributed by atoms with Gasteiger partial charge in [0, 0.05) is 56.6 Å². The van der Waals surface area contributed by atoms with Gasteiger partial charge in [-0.15, -0.1) is 0 Å². The molecule has 13 heteroatoms. The number of rotatable bonds is 10. The highest BCUT2D eigenvalue weighted by molar-refractivity contribution is 7.93. The number of anilines is 2. The molecule has 200 valence electrons. The zero-order chi connectivity index (χ0) is 27.1. The van der Waals surface area contributed by atoms with Crippen molar-refractivity contribution in [2.75, 3.05) is 35.8 Å². The van der Waals surface area contributed by atoms with E-state index in [-0.39, 0.29) is 29.6 Å². The van der Waals surface area contributed by atoms with Crippen molar-refractivity contribution < 1.29 is 23.1 Å². The van der Waals surface area contributed by atoms with E-state index in [1.54, 1.807) is 30.5 Å². The lowest BCUT2D eigenvalue weighted by Gasteiger charge is -2.33. The summed E-state index contributed by atoms with van der Waals surface area (Å²) >= 11 is 0. The smallest absolute Gasteiger partial charge is 0.404 e. The average molecular weight is 540 g/mol. The van der Waals surface area contributed by atoms with Crippen LogP contribution in [-0.2, 0) is 14.8 Å². The predicted molar refractivity (Wildman–Crippen MR) is 141 cm³/mol. The number of nitrogens with zero attached hydrogens (tertiary/aromatic N) is 4. The van der Waals surface area contributed by atoms with Gasteiger partial charge in [0.15, 0.2) is 0 Å². The van der Waals surface area contributed by atoms with Gasteiger partial charge in [-0.05, 0) is 31.0 Å². The minimum Gasteiger partial charge on any atom is -0.465 e. The Morgan fingerprint density at radius 3 is 2.63 bits per heavy atom. The molecule has 0 aliphatic carbocycles. The number of carboxylic acid groups (broad SMARTS) is 1. The predicted octanol–water partition coefficient (Wildman–Crippen LogP) is 2.73. The lowest BCUT2D eigenvalue weighted by molar-refractivity contribution is -0.117. The first-order valence-corrected chi connectivity index (χ1v) is 13.7. The van der Waals surface area contributed by atoms with Crippen molar-refractivity contribution in [1.82, 2.24) is 20.2 Å². The third-order valence-corrected chi connectivity index (χ3v) is 8.13. The number of aromatic nitrogens is 2. The second-order valence-corrected chi connectivity index (χ2v) is 10.7. The number of fused-ring (bicyclic) bond motifs is 1. The number of hydrogen-bond acceptors (Lipinski definition) is 8. The lowest BCUT2D eigenvalue weighted by Crippen LogP contribution is -2.41. The summed E-state index contributed by atoms with van der Waals surface area (Å²) < 4.78 is 28.3. The fourth-order valence-corrected chi connectivity index (χ4v) is 5.96. The SMILES string of the molecule is N#CCCN1CCC(Nc2c(N(C(=O)CCNC(=O)O)S(=O)(=O)c3ccccc3)cnc3[nH]ccc23)CC1. The molecular formula is C25H29N7O5S. The Hall–Kier alpha value is -4.15. The van der Waals surface area contributed by atoms with E-state index in [1.807, 2.05) is 0 Å². The van der Waals surface area contributed by atoms with Crippen molar-refractivity contribution in [3.05, 3.63) is 48.8 Å². The number of amides is 2. The second kappa shape index (κ2) is 11.9. The number of nitrogens with one attached hydrogen (secondary N) is 3. The van der Waals surface area contributed by atoms with Gasteiger partial charge in [-0.3, -0.25) is 4.79 Å². The highest BCUT2D eigenvalue weighted by atomic mass is 32.2. The van der Waals surface area contributed by atoms with Gasteiger partial charge < -0.3 is 25.6 Å². The molecule has 2 amide bonds. The summed E-state index contributed by atoms with van der Waals surface area (Å²) in [5.41, 5.74) is 1.04. The molecule has 38 heavy (non-hydrogen) atoms. The summed E-state index contributed by atoms with van der Waals surface area (Å²) in [6.07, 6.45) is 3.33. The summed E-state index contributed by atoms with van der Waals surface area (Å²) in [5, 5.41) is 24.0. The molecule has 0 radical (unpaired) electrons. The zero-order valence-electron chi connectivity index (χ0n) is 20.6. The fourth-order valence-electron chi connectivity index (χ4n) is 4.49. The minimum atomic E-state index is -4.36. The molecule has 1 aliphatic heterocycles. The van der Waals surface area contributed by atoms with Crippen LogP contribution in [0.25, 0.3) is 11.0 Å². The number of aromatic amines is 1. The van der Waals surface area contributed by atoms with E-state index in [0.717, 1.165) is 30.2 Å². The zero-order valence-corrected chi connectivity index (χ0v) is 21.4. The van der Waals surface area contributed by atoms with Gasteiger partial charge in [0.05, 0.1) is 22.8 Å². The van der Waals surface area contributed by atoms with E-state index < -0.39 is 22.0 Å². The Morgan fingerprint density at radius 2 is 1.95 bits per heavy atom. The van der Waals surface area contributed by atoms with E-state index in [9.17, 15) is 18.0 Å². The maximum absolute atomic E-state index is 13.8. The molecule has 0 saturated carbocycles. The third kappa shape index (κ3) is 6.04. The van der Waals surface area contributed by atoms with Gasteiger partial charge in [-0.1, -0.05) is 18.2 Å². The average Bonchev–Trinajstić information content (AvgIpc) is 3.39. The van der Waals surface area contributed by atoms with Crippen molar-refractivity contribution >= 4 is 44.4 Å². The summed E-state index contributed by atoms with van der Waals surface area (Å²) in [5.74, 6) is -0.798. The van der Waals surface area contributed by atoms with Crippen molar-refractivity contribution in [2.45, 2.75) is 36.6 Å². The molecule has 1 fully saturated rings. The normalized spacial score (nSPS) is 14.6. The molecule has 1 aromatic carbocycles. The number of nitriles is 1. The van der Waals surface area contributed by atoms with Crippen LogP contribution in [0.15, 0.2) is 53.7 Å². The molecule has 2 aromatic heterocycles. The molecule has 0 unspecified atom stereocenters. The molecule has 3 heterocycles. The number of carbonyl (C=O) groups excluding carboxylic acids is 1. The van der Waals surface area contributed by atoms with Crippen LogP contribution in [0.4, 0.5) is 16.2 Å². The van der Waals surface area contributed by atoms with Crippen LogP contribution in [0.3, 0.4) is 0 Å². The Bertz CT molecular complexity index is 1430. The monoisotopic (exact) mass is 539 g/mol. The molecule has 1 saturated heterocycles. The molecule has 4 rings (SSSR count). The summed E-state index contributed by atoms with van der Waals surface area (Å²) in [6.45, 7) is 2.01. The van der Waals surface area contributed by atoms with Gasteiger partial charge in [-0.2, -0.15) is 9.57 Å². The maximum atomic E-state index is 13.8. The van der Waals surface area contributed by atoms with E-state index in [2.05, 4.69) is 31.6 Å². The van der Waals surface area contributed by atoms with E-state index >= 15 is 0 Å². The first-order chi connectivity index (χ1) is 18.3. The van der Waals surface area contributed by atoms with Gasteiger partial charge >= 0.3 is 6.09 Å². The molecule has 0 atom stereocenters. The van der Waals surface area contributed by atoms with E-state index in [0.29, 0.717) is 29.7 Å². The number of benzene rings is 1. The number of sulfonamides is 1. The van der Waals surface area contributed by atoms with Gasteiger partial charge in [0.2, 0.25) is 5.91 Å². The topological polar surface area (TPSA) is 172 Å². The summed E-state index contributed by atoms with van der Waals surface area (Å²) in [7, 11) is -4.36. The van der Waals surface area contributed by atoms with Crippen LogP contribution in [0, 0.1) is 11.3 Å². The highest BCUT2D eigenvalue weighted by Gasteiger charge is 2.34. The van der Waals surface area contributed by atoms with Gasteiger partial charge in [-0.25, -0.2) is 18.2 Å². The summed E-state index contributed by atoms with van der Waals surface area (Å²) in [6, 6.07) is 11.5. The van der Waals surface area contributed by atoms with Crippen LogP contribution < -0.4 is 14.9 Å². The number of piperidine rings is 1. The number of carbonyl (C=O) groups is 2.